The summed E-state index contributed by atoms with van der Waals surface area (Å²) in [7, 11) is 0. The van der Waals surface area contributed by atoms with Crippen molar-refractivity contribution in [2.24, 2.45) is 0 Å². The molecular formula is C15H16ClNO2S. The van der Waals surface area contributed by atoms with Gasteiger partial charge in [-0.15, -0.1) is 0 Å². The smallest absolute Gasteiger partial charge is 0.304 e. The molecule has 0 fully saturated rings. The Kier molecular flexibility index (Phi) is 4.89. The summed E-state index contributed by atoms with van der Waals surface area (Å²) in [5.41, 5.74) is 4.24. The second-order valence-electron chi connectivity index (χ2n) is 4.71. The zero-order chi connectivity index (χ0) is 14.7. The lowest BCUT2D eigenvalue weighted by Crippen LogP contribution is -1.97. The minimum atomic E-state index is -0.772. The summed E-state index contributed by atoms with van der Waals surface area (Å²) >= 11 is 7.79. The third-order valence-electron chi connectivity index (χ3n) is 3.26. The zero-order valence-electron chi connectivity index (χ0n) is 11.4. The molecule has 1 N–H and O–H groups in total. The molecule has 20 heavy (non-hydrogen) atoms. The van der Waals surface area contributed by atoms with Crippen molar-refractivity contribution in [1.82, 2.24) is 4.98 Å². The number of thioether (sulfide) groups is 1. The number of carbonyl (C=O) groups is 1. The van der Waals surface area contributed by atoms with Crippen LogP contribution in [0.1, 0.15) is 23.1 Å². The molecule has 0 aliphatic carbocycles. The number of nitrogens with zero attached hydrogens (tertiary/aromatic N) is 1. The van der Waals surface area contributed by atoms with Gasteiger partial charge in [0.25, 0.3) is 0 Å². The monoisotopic (exact) mass is 309 g/mol. The van der Waals surface area contributed by atoms with Gasteiger partial charge in [0, 0.05) is 22.5 Å². The molecule has 1 heterocycles. The van der Waals surface area contributed by atoms with Crippen LogP contribution in [0.15, 0.2) is 18.2 Å². The molecule has 106 valence electrons. The number of hydrogen-bond acceptors (Lipinski definition) is 3. The van der Waals surface area contributed by atoms with Crippen LogP contribution in [0.25, 0.3) is 10.9 Å². The Balaban J connectivity index is 2.21. The Morgan fingerprint density at radius 2 is 2.15 bits per heavy atom. The molecule has 1 aromatic heterocycles. The summed E-state index contributed by atoms with van der Waals surface area (Å²) in [5.74, 6) is 0.491. The van der Waals surface area contributed by atoms with E-state index in [-0.39, 0.29) is 6.42 Å². The van der Waals surface area contributed by atoms with E-state index in [0.29, 0.717) is 16.7 Å². The van der Waals surface area contributed by atoms with E-state index >= 15 is 0 Å². The summed E-state index contributed by atoms with van der Waals surface area (Å²) < 4.78 is 0. The molecule has 0 amide bonds. The Bertz CT molecular complexity index is 658. The van der Waals surface area contributed by atoms with Crippen LogP contribution in [-0.4, -0.2) is 21.8 Å². The predicted molar refractivity (Wildman–Crippen MR) is 84.6 cm³/mol. The van der Waals surface area contributed by atoms with Crippen molar-refractivity contribution in [3.63, 3.8) is 0 Å². The first-order valence-corrected chi connectivity index (χ1v) is 7.87. The van der Waals surface area contributed by atoms with Crippen molar-refractivity contribution >= 4 is 40.2 Å². The molecule has 2 aromatic rings. The van der Waals surface area contributed by atoms with Crippen LogP contribution in [0.3, 0.4) is 0 Å². The van der Waals surface area contributed by atoms with Crippen molar-refractivity contribution in [2.45, 2.75) is 26.0 Å². The van der Waals surface area contributed by atoms with Crippen LogP contribution in [0.5, 0.6) is 0 Å². The quantitative estimate of drug-likeness (QED) is 0.664. The van der Waals surface area contributed by atoms with Gasteiger partial charge in [0.1, 0.15) is 5.15 Å². The van der Waals surface area contributed by atoms with Crippen molar-refractivity contribution in [2.75, 3.05) is 5.75 Å². The van der Waals surface area contributed by atoms with Gasteiger partial charge < -0.3 is 5.11 Å². The van der Waals surface area contributed by atoms with Gasteiger partial charge in [-0.3, -0.25) is 4.79 Å². The van der Waals surface area contributed by atoms with Crippen LogP contribution in [0.2, 0.25) is 5.15 Å². The number of hydrogen-bond donors (Lipinski definition) is 1. The molecular weight excluding hydrogens is 294 g/mol. The number of halogens is 1. The van der Waals surface area contributed by atoms with Crippen LogP contribution >= 0.6 is 23.4 Å². The van der Waals surface area contributed by atoms with Crippen molar-refractivity contribution < 1.29 is 9.90 Å². The molecule has 1 aromatic carbocycles. The van der Waals surface area contributed by atoms with Gasteiger partial charge in [-0.2, -0.15) is 11.8 Å². The van der Waals surface area contributed by atoms with E-state index in [1.807, 2.05) is 19.1 Å². The molecule has 3 nitrogen and oxygen atoms in total. The van der Waals surface area contributed by atoms with Gasteiger partial charge in [0.15, 0.2) is 0 Å². The summed E-state index contributed by atoms with van der Waals surface area (Å²) in [5, 5.41) is 10.2. The van der Waals surface area contributed by atoms with E-state index in [0.717, 1.165) is 22.0 Å². The van der Waals surface area contributed by atoms with Gasteiger partial charge in [0.05, 0.1) is 11.9 Å². The maximum absolute atomic E-state index is 10.5. The molecule has 0 saturated carbocycles. The van der Waals surface area contributed by atoms with E-state index < -0.39 is 5.97 Å². The van der Waals surface area contributed by atoms with E-state index in [9.17, 15) is 4.79 Å². The highest BCUT2D eigenvalue weighted by atomic mass is 35.5. The Hall–Kier alpha value is -1.26. The Labute approximate surface area is 127 Å². The lowest BCUT2D eigenvalue weighted by molar-refractivity contribution is -0.136. The lowest BCUT2D eigenvalue weighted by atomic mass is 10.0. The second-order valence-corrected chi connectivity index (χ2v) is 6.18. The third-order valence-corrected chi connectivity index (χ3v) is 4.59. The SMILES string of the molecule is Cc1ccc2cc(CSCCC(=O)O)c(Cl)nc2c1C. The highest BCUT2D eigenvalue weighted by Crippen LogP contribution is 2.27. The number of rotatable bonds is 5. The first-order valence-electron chi connectivity index (χ1n) is 6.34. The number of benzene rings is 1. The molecule has 5 heteroatoms. The summed E-state index contributed by atoms with van der Waals surface area (Å²) in [6.07, 6.45) is 0.168. The molecule has 2 rings (SSSR count). The van der Waals surface area contributed by atoms with Gasteiger partial charge in [-0.05, 0) is 31.0 Å². The molecule has 0 atom stereocenters. The molecule has 0 aliphatic rings. The fourth-order valence-corrected chi connectivity index (χ4v) is 3.14. The topological polar surface area (TPSA) is 50.2 Å². The number of aromatic nitrogens is 1. The molecule has 0 bridgehead atoms. The Morgan fingerprint density at radius 1 is 1.40 bits per heavy atom. The average Bonchev–Trinajstić information content (AvgIpc) is 2.40. The third kappa shape index (κ3) is 3.44. The van der Waals surface area contributed by atoms with Crippen molar-refractivity contribution in [3.05, 3.63) is 40.0 Å². The maximum Gasteiger partial charge on any atom is 0.304 e. The largest absolute Gasteiger partial charge is 0.481 e. The molecule has 0 radical (unpaired) electrons. The number of aryl methyl sites for hydroxylation is 2. The number of carboxylic acid groups (broad SMARTS) is 1. The number of fused-ring (bicyclic) bond motifs is 1. The molecule has 0 unspecified atom stereocenters. The highest BCUT2D eigenvalue weighted by Gasteiger charge is 2.08. The lowest BCUT2D eigenvalue weighted by Gasteiger charge is -2.09. The molecule has 0 aliphatic heterocycles. The fourth-order valence-electron chi connectivity index (χ4n) is 1.95. The van der Waals surface area contributed by atoms with Gasteiger partial charge >= 0.3 is 5.97 Å². The Morgan fingerprint density at radius 3 is 2.85 bits per heavy atom. The minimum Gasteiger partial charge on any atom is -0.481 e. The van der Waals surface area contributed by atoms with Crippen LogP contribution in [0, 0.1) is 13.8 Å². The standard InChI is InChI=1S/C15H16ClNO2S/c1-9-3-4-11-7-12(8-20-6-5-13(18)19)15(16)17-14(11)10(9)2/h3-4,7H,5-6,8H2,1-2H3,(H,18,19). The van der Waals surface area contributed by atoms with Gasteiger partial charge in [-0.25, -0.2) is 4.98 Å². The van der Waals surface area contributed by atoms with Crippen LogP contribution in [-0.2, 0) is 10.5 Å². The van der Waals surface area contributed by atoms with E-state index in [4.69, 9.17) is 16.7 Å². The molecule has 0 saturated heterocycles. The van der Waals surface area contributed by atoms with Crippen molar-refractivity contribution in [3.8, 4) is 0 Å². The van der Waals surface area contributed by atoms with E-state index in [1.54, 1.807) is 11.8 Å². The number of carboxylic acids is 1. The number of pyridine rings is 1. The van der Waals surface area contributed by atoms with Gasteiger partial charge in [0.2, 0.25) is 0 Å². The second kappa shape index (κ2) is 6.46. The summed E-state index contributed by atoms with van der Waals surface area (Å²) in [4.78, 5) is 15.0. The zero-order valence-corrected chi connectivity index (χ0v) is 13.0. The molecule has 0 spiro atoms. The highest BCUT2D eigenvalue weighted by molar-refractivity contribution is 7.98. The fraction of sp³-hybridized carbons (Fsp3) is 0.333. The van der Waals surface area contributed by atoms with Crippen LogP contribution in [0.4, 0.5) is 0 Å². The van der Waals surface area contributed by atoms with Crippen molar-refractivity contribution in [1.29, 1.82) is 0 Å². The normalized spacial score (nSPS) is 10.9. The average molecular weight is 310 g/mol. The first kappa shape index (κ1) is 15.1. The predicted octanol–water partition coefficient (Wildman–Crippen LogP) is 4.21. The van der Waals surface area contributed by atoms with Gasteiger partial charge in [-0.1, -0.05) is 23.7 Å². The summed E-state index contributed by atoms with van der Waals surface area (Å²) in [6, 6.07) is 6.17. The minimum absolute atomic E-state index is 0.168. The first-order chi connectivity index (χ1) is 9.49. The van der Waals surface area contributed by atoms with Crippen LogP contribution < -0.4 is 0 Å². The van der Waals surface area contributed by atoms with E-state index in [2.05, 4.69) is 18.0 Å². The maximum atomic E-state index is 10.5. The van der Waals surface area contributed by atoms with E-state index in [1.165, 1.54) is 5.56 Å². The number of aliphatic carboxylic acids is 1. The summed E-state index contributed by atoms with van der Waals surface area (Å²) in [6.45, 7) is 4.10.